The van der Waals surface area contributed by atoms with Gasteiger partial charge in [0.25, 0.3) is 5.91 Å². The molecule has 0 saturated heterocycles. The third-order valence-electron chi connectivity index (χ3n) is 2.14. The van der Waals surface area contributed by atoms with Crippen LogP contribution < -0.4 is 5.32 Å². The topological polar surface area (TPSA) is 62.1 Å². The highest BCUT2D eigenvalue weighted by Crippen LogP contribution is 2.13. The zero-order valence-electron chi connectivity index (χ0n) is 9.94. The normalized spacial score (nSPS) is 10.8. The minimum atomic E-state index is -0.391. The van der Waals surface area contributed by atoms with Crippen molar-refractivity contribution in [1.82, 2.24) is 5.32 Å². The van der Waals surface area contributed by atoms with E-state index in [1.165, 1.54) is 0 Å². The van der Waals surface area contributed by atoms with Crippen LogP contribution in [0.15, 0.2) is 34.3 Å². The maximum Gasteiger partial charge on any atom is 0.262 e. The Balaban J connectivity index is 2.74. The lowest BCUT2D eigenvalue weighted by molar-refractivity contribution is -0.117. The Labute approximate surface area is 114 Å². The second-order valence-electron chi connectivity index (χ2n) is 3.47. The van der Waals surface area contributed by atoms with Crippen molar-refractivity contribution in [3.63, 3.8) is 0 Å². The molecule has 1 aromatic rings. The van der Waals surface area contributed by atoms with Crippen LogP contribution in [-0.2, 0) is 9.53 Å². The van der Waals surface area contributed by atoms with Crippen LogP contribution in [0.2, 0.25) is 0 Å². The van der Waals surface area contributed by atoms with Crippen LogP contribution >= 0.6 is 15.9 Å². The zero-order valence-corrected chi connectivity index (χ0v) is 11.5. The van der Waals surface area contributed by atoms with E-state index in [4.69, 9.17) is 10.00 Å². The van der Waals surface area contributed by atoms with Gasteiger partial charge in [-0.1, -0.05) is 28.1 Å². The van der Waals surface area contributed by atoms with Crippen molar-refractivity contribution < 1.29 is 9.53 Å². The van der Waals surface area contributed by atoms with Gasteiger partial charge in [0.15, 0.2) is 0 Å². The maximum absolute atomic E-state index is 11.7. The van der Waals surface area contributed by atoms with Gasteiger partial charge in [0.2, 0.25) is 0 Å². The smallest absolute Gasteiger partial charge is 0.262 e. The Kier molecular flexibility index (Phi) is 6.12. The van der Waals surface area contributed by atoms with Gasteiger partial charge in [0, 0.05) is 18.1 Å². The van der Waals surface area contributed by atoms with E-state index in [0.29, 0.717) is 13.2 Å². The van der Waals surface area contributed by atoms with E-state index in [-0.39, 0.29) is 5.57 Å². The second-order valence-corrected chi connectivity index (χ2v) is 4.39. The monoisotopic (exact) mass is 308 g/mol. The molecule has 0 aliphatic heterocycles. The molecular weight excluding hydrogens is 296 g/mol. The van der Waals surface area contributed by atoms with Gasteiger partial charge in [0.1, 0.15) is 11.6 Å². The number of ether oxygens (including phenoxy) is 1. The average Bonchev–Trinajstić information content (AvgIpc) is 2.38. The molecule has 1 N–H and O–H groups in total. The van der Waals surface area contributed by atoms with Gasteiger partial charge >= 0.3 is 0 Å². The summed E-state index contributed by atoms with van der Waals surface area (Å²) in [6.45, 7) is 0.803. The molecule has 0 radical (unpaired) electrons. The molecule has 0 unspecified atom stereocenters. The summed E-state index contributed by atoms with van der Waals surface area (Å²) in [7, 11) is 1.55. The highest BCUT2D eigenvalue weighted by molar-refractivity contribution is 9.10. The number of hydrogen-bond donors (Lipinski definition) is 1. The van der Waals surface area contributed by atoms with Crippen molar-refractivity contribution in [3.8, 4) is 6.07 Å². The van der Waals surface area contributed by atoms with Gasteiger partial charge in [0.05, 0.1) is 6.61 Å². The number of amides is 1. The Morgan fingerprint density at radius 2 is 2.17 bits per heavy atom. The summed E-state index contributed by atoms with van der Waals surface area (Å²) in [5, 5.41) is 11.6. The number of carbonyl (C=O) groups is 1. The Morgan fingerprint density at radius 3 is 2.72 bits per heavy atom. The molecule has 0 atom stereocenters. The molecule has 0 saturated carbocycles. The first kappa shape index (κ1) is 14.4. The minimum Gasteiger partial charge on any atom is -0.383 e. The summed E-state index contributed by atoms with van der Waals surface area (Å²) in [6.07, 6.45) is 1.55. The van der Waals surface area contributed by atoms with Crippen LogP contribution in [0.5, 0.6) is 0 Å². The molecule has 0 aromatic heterocycles. The second kappa shape index (κ2) is 7.64. The molecule has 18 heavy (non-hydrogen) atoms. The highest BCUT2D eigenvalue weighted by Gasteiger charge is 2.07. The number of nitriles is 1. The van der Waals surface area contributed by atoms with Crippen molar-refractivity contribution in [3.05, 3.63) is 39.9 Å². The lowest BCUT2D eigenvalue weighted by atomic mass is 10.1. The summed E-state index contributed by atoms with van der Waals surface area (Å²) in [6, 6.07) is 9.24. The molecule has 0 bridgehead atoms. The Bertz CT molecular complexity index is 475. The third kappa shape index (κ3) is 4.70. The molecule has 0 aliphatic carbocycles. The van der Waals surface area contributed by atoms with Crippen LogP contribution in [0.4, 0.5) is 0 Å². The number of hydrogen-bond acceptors (Lipinski definition) is 3. The fourth-order valence-corrected chi connectivity index (χ4v) is 1.50. The van der Waals surface area contributed by atoms with Crippen LogP contribution in [-0.4, -0.2) is 26.2 Å². The van der Waals surface area contributed by atoms with Crippen molar-refractivity contribution in [2.24, 2.45) is 0 Å². The largest absolute Gasteiger partial charge is 0.383 e. The van der Waals surface area contributed by atoms with Gasteiger partial charge in [-0.3, -0.25) is 4.79 Å². The Morgan fingerprint density at radius 1 is 1.50 bits per heavy atom. The number of methoxy groups -OCH3 is 1. The summed E-state index contributed by atoms with van der Waals surface area (Å²) in [5.74, 6) is -0.391. The molecule has 4 nitrogen and oxygen atoms in total. The van der Waals surface area contributed by atoms with E-state index < -0.39 is 5.91 Å². The van der Waals surface area contributed by atoms with Crippen molar-refractivity contribution in [1.29, 1.82) is 5.26 Å². The van der Waals surface area contributed by atoms with Gasteiger partial charge in [-0.05, 0) is 23.8 Å². The third-order valence-corrected chi connectivity index (χ3v) is 2.67. The SMILES string of the molecule is COCCNC(=O)/C(C#N)=C/c1ccc(Br)cc1. The molecular formula is C13H13BrN2O2. The molecule has 5 heteroatoms. The quantitative estimate of drug-likeness (QED) is 0.515. The van der Waals surface area contributed by atoms with E-state index in [9.17, 15) is 4.79 Å². The number of rotatable bonds is 5. The first-order chi connectivity index (χ1) is 8.67. The molecule has 0 heterocycles. The summed E-state index contributed by atoms with van der Waals surface area (Å²) < 4.78 is 5.76. The predicted octanol–water partition coefficient (Wildman–Crippen LogP) is 2.12. The fourth-order valence-electron chi connectivity index (χ4n) is 1.24. The predicted molar refractivity (Wildman–Crippen MR) is 72.6 cm³/mol. The van der Waals surface area contributed by atoms with Gasteiger partial charge in [-0.15, -0.1) is 0 Å². The highest BCUT2D eigenvalue weighted by atomic mass is 79.9. The van der Waals surface area contributed by atoms with Crippen molar-refractivity contribution in [2.45, 2.75) is 0 Å². The molecule has 1 rings (SSSR count). The van der Waals surface area contributed by atoms with Crippen LogP contribution in [0.3, 0.4) is 0 Å². The van der Waals surface area contributed by atoms with Crippen LogP contribution in [0, 0.1) is 11.3 Å². The van der Waals surface area contributed by atoms with Crippen molar-refractivity contribution in [2.75, 3.05) is 20.3 Å². The van der Waals surface area contributed by atoms with E-state index >= 15 is 0 Å². The maximum atomic E-state index is 11.7. The summed E-state index contributed by atoms with van der Waals surface area (Å²) in [4.78, 5) is 11.7. The van der Waals surface area contributed by atoms with E-state index in [1.807, 2.05) is 30.3 Å². The standard InChI is InChI=1S/C13H13BrN2O2/c1-18-7-6-16-13(17)11(9-15)8-10-2-4-12(14)5-3-10/h2-5,8H,6-7H2,1H3,(H,16,17)/b11-8+. The van der Waals surface area contributed by atoms with Gasteiger partial charge in [-0.2, -0.15) is 5.26 Å². The fraction of sp³-hybridized carbons (Fsp3) is 0.231. The lowest BCUT2D eigenvalue weighted by Crippen LogP contribution is -2.27. The first-order valence-electron chi connectivity index (χ1n) is 5.32. The van der Waals surface area contributed by atoms with E-state index in [1.54, 1.807) is 13.2 Å². The summed E-state index contributed by atoms with van der Waals surface area (Å²) in [5.41, 5.74) is 0.880. The molecule has 0 spiro atoms. The van der Waals surface area contributed by atoms with E-state index in [2.05, 4.69) is 21.2 Å². The van der Waals surface area contributed by atoms with E-state index in [0.717, 1.165) is 10.0 Å². The number of nitrogens with zero attached hydrogens (tertiary/aromatic N) is 1. The molecule has 1 amide bonds. The molecule has 0 fully saturated rings. The zero-order chi connectivity index (χ0) is 13.4. The van der Waals surface area contributed by atoms with Crippen molar-refractivity contribution >= 4 is 27.9 Å². The van der Waals surface area contributed by atoms with Crippen LogP contribution in [0.1, 0.15) is 5.56 Å². The molecule has 1 aromatic carbocycles. The minimum absolute atomic E-state index is 0.0772. The average molecular weight is 309 g/mol. The first-order valence-corrected chi connectivity index (χ1v) is 6.11. The van der Waals surface area contributed by atoms with Gasteiger partial charge < -0.3 is 10.1 Å². The molecule has 94 valence electrons. The van der Waals surface area contributed by atoms with Crippen LogP contribution in [0.25, 0.3) is 6.08 Å². The number of carbonyl (C=O) groups excluding carboxylic acids is 1. The number of benzene rings is 1. The molecule has 0 aliphatic rings. The lowest BCUT2D eigenvalue weighted by Gasteiger charge is -2.03. The summed E-state index contributed by atoms with van der Waals surface area (Å²) >= 11 is 3.32. The Hall–Kier alpha value is -1.64. The van der Waals surface area contributed by atoms with Gasteiger partial charge in [-0.25, -0.2) is 0 Å². The number of nitrogens with one attached hydrogen (secondary N) is 1. The number of halogens is 1.